The molecule has 0 bridgehead atoms. The molecule has 0 aliphatic heterocycles. The molecule has 0 rings (SSSR count). The van der Waals surface area contributed by atoms with Crippen molar-refractivity contribution < 1.29 is 8.42 Å². The Bertz CT molecular complexity index is 139. The highest BCUT2D eigenvalue weighted by Crippen LogP contribution is 1.64. The van der Waals surface area contributed by atoms with Gasteiger partial charge >= 0.3 is 0 Å². The van der Waals surface area contributed by atoms with Crippen molar-refractivity contribution in [3.05, 3.63) is 6.67 Å². The van der Waals surface area contributed by atoms with Crippen LogP contribution in [0.4, 0.5) is 0 Å². The summed E-state index contributed by atoms with van der Waals surface area (Å²) in [6.07, 6.45) is 0. The quantitative estimate of drug-likeness (QED) is 0.426. The van der Waals surface area contributed by atoms with Gasteiger partial charge in [0.15, 0.2) is 0 Å². The van der Waals surface area contributed by atoms with Gasteiger partial charge in [0.05, 0.1) is 0 Å². The molecule has 5 nitrogen and oxygen atoms in total. The SMILES string of the molecule is CN[CH]NS(N)(=O)=O. The van der Waals surface area contributed by atoms with Crippen LogP contribution in [0, 0.1) is 6.67 Å². The molecule has 0 aliphatic carbocycles. The van der Waals surface area contributed by atoms with Crippen molar-refractivity contribution in [3.8, 4) is 0 Å². The van der Waals surface area contributed by atoms with Crippen LogP contribution in [0.15, 0.2) is 0 Å². The second-order valence-corrected chi connectivity index (χ2v) is 2.42. The van der Waals surface area contributed by atoms with Gasteiger partial charge in [0.2, 0.25) is 0 Å². The fourth-order valence-electron chi connectivity index (χ4n) is 0.141. The van der Waals surface area contributed by atoms with E-state index in [1.165, 1.54) is 0 Å². The van der Waals surface area contributed by atoms with Crippen LogP contribution < -0.4 is 15.2 Å². The molecule has 6 heteroatoms. The lowest BCUT2D eigenvalue weighted by Gasteiger charge is -1.95. The second-order valence-electron chi connectivity index (χ2n) is 1.10. The lowest BCUT2D eigenvalue weighted by atomic mass is 11.1. The molecule has 0 aliphatic rings. The monoisotopic (exact) mass is 138 g/mol. The molecule has 0 fully saturated rings. The third-order valence-corrected chi connectivity index (χ3v) is 0.814. The van der Waals surface area contributed by atoms with Crippen LogP contribution in [0.5, 0.6) is 0 Å². The first-order valence-electron chi connectivity index (χ1n) is 1.85. The molecular formula is C2H8N3O2S. The highest BCUT2D eigenvalue weighted by atomic mass is 32.2. The van der Waals surface area contributed by atoms with Crippen LogP contribution in [0.25, 0.3) is 0 Å². The fraction of sp³-hybridized carbons (Fsp3) is 0.500. The van der Waals surface area contributed by atoms with E-state index in [1.54, 1.807) is 7.05 Å². The van der Waals surface area contributed by atoms with Crippen molar-refractivity contribution in [3.63, 3.8) is 0 Å². The van der Waals surface area contributed by atoms with E-state index in [4.69, 9.17) is 0 Å². The molecule has 0 amide bonds. The van der Waals surface area contributed by atoms with Crippen LogP contribution in [-0.4, -0.2) is 15.5 Å². The van der Waals surface area contributed by atoms with Gasteiger partial charge in [-0.2, -0.15) is 13.1 Å². The molecule has 0 aromatic carbocycles. The van der Waals surface area contributed by atoms with E-state index in [0.717, 1.165) is 6.67 Å². The average molecular weight is 138 g/mol. The van der Waals surface area contributed by atoms with E-state index < -0.39 is 10.2 Å². The summed E-state index contributed by atoms with van der Waals surface area (Å²) in [5.74, 6) is 0. The Hall–Kier alpha value is -0.170. The zero-order chi connectivity index (χ0) is 6.62. The van der Waals surface area contributed by atoms with E-state index in [1.807, 2.05) is 4.72 Å². The first-order chi connectivity index (χ1) is 3.56. The molecule has 0 saturated heterocycles. The number of hydrogen-bond acceptors (Lipinski definition) is 3. The molecule has 8 heavy (non-hydrogen) atoms. The van der Waals surface area contributed by atoms with Gasteiger partial charge in [-0.05, 0) is 7.05 Å². The Balaban J connectivity index is 3.42. The van der Waals surface area contributed by atoms with Gasteiger partial charge in [0.25, 0.3) is 10.2 Å². The molecule has 49 valence electrons. The summed E-state index contributed by atoms with van der Waals surface area (Å²) < 4.78 is 21.9. The van der Waals surface area contributed by atoms with Crippen molar-refractivity contribution >= 4 is 10.2 Å². The Morgan fingerprint density at radius 1 is 1.62 bits per heavy atom. The van der Waals surface area contributed by atoms with Gasteiger partial charge in [-0.1, -0.05) is 0 Å². The van der Waals surface area contributed by atoms with Crippen molar-refractivity contribution in [1.29, 1.82) is 0 Å². The lowest BCUT2D eigenvalue weighted by Crippen LogP contribution is -2.32. The highest BCUT2D eigenvalue weighted by molar-refractivity contribution is 7.87. The van der Waals surface area contributed by atoms with Gasteiger partial charge in [-0.25, -0.2) is 5.14 Å². The van der Waals surface area contributed by atoms with Crippen LogP contribution in [0.2, 0.25) is 0 Å². The topological polar surface area (TPSA) is 84.2 Å². The van der Waals surface area contributed by atoms with Gasteiger partial charge < -0.3 is 5.32 Å². The molecule has 0 aromatic heterocycles. The Morgan fingerprint density at radius 3 is 2.25 bits per heavy atom. The normalized spacial score (nSPS) is 11.8. The molecule has 1 radical (unpaired) electrons. The largest absolute Gasteiger partial charge is 0.302 e. The summed E-state index contributed by atoms with van der Waals surface area (Å²) in [7, 11) is -2.00. The summed E-state index contributed by atoms with van der Waals surface area (Å²) in [5, 5.41) is 6.94. The minimum atomic E-state index is -3.55. The maximum Gasteiger partial charge on any atom is 0.275 e. The highest BCUT2D eigenvalue weighted by Gasteiger charge is 1.95. The molecule has 4 N–H and O–H groups in total. The summed E-state index contributed by atoms with van der Waals surface area (Å²) in [4.78, 5) is 0. The lowest BCUT2D eigenvalue weighted by molar-refractivity contribution is 0.587. The molecule has 0 unspecified atom stereocenters. The molecule has 0 saturated carbocycles. The predicted molar refractivity (Wildman–Crippen MR) is 29.6 cm³/mol. The van der Waals surface area contributed by atoms with E-state index in [9.17, 15) is 8.42 Å². The summed E-state index contributed by atoms with van der Waals surface area (Å²) in [6, 6.07) is 0. The fourth-order valence-corrected chi connectivity index (χ4v) is 0.423. The zero-order valence-electron chi connectivity index (χ0n) is 4.38. The zero-order valence-corrected chi connectivity index (χ0v) is 5.20. The van der Waals surface area contributed by atoms with E-state index in [0.29, 0.717) is 0 Å². The standard InChI is InChI=1S/C2H8N3O2S/c1-4-2-5-8(3,6)7/h2,4-5H,1H3,(H2,3,6,7). The second kappa shape index (κ2) is 2.98. The number of nitrogens with two attached hydrogens (primary N) is 1. The number of rotatable bonds is 3. The summed E-state index contributed by atoms with van der Waals surface area (Å²) >= 11 is 0. The van der Waals surface area contributed by atoms with E-state index in [-0.39, 0.29) is 0 Å². The third-order valence-electron chi connectivity index (χ3n) is 0.368. The van der Waals surface area contributed by atoms with Crippen molar-refractivity contribution in [2.45, 2.75) is 0 Å². The third kappa shape index (κ3) is 5.83. The average Bonchev–Trinajstić information content (AvgIpc) is 1.59. The smallest absolute Gasteiger partial charge is 0.275 e. The van der Waals surface area contributed by atoms with Crippen LogP contribution in [0.3, 0.4) is 0 Å². The van der Waals surface area contributed by atoms with Crippen molar-refractivity contribution in [2.75, 3.05) is 7.05 Å². The van der Waals surface area contributed by atoms with Crippen LogP contribution in [-0.2, 0) is 10.2 Å². The minimum Gasteiger partial charge on any atom is -0.302 e. The van der Waals surface area contributed by atoms with Gasteiger partial charge in [-0.15, -0.1) is 0 Å². The minimum absolute atomic E-state index is 1.12. The molecule has 0 spiro atoms. The number of nitrogens with one attached hydrogen (secondary N) is 2. The summed E-state index contributed by atoms with van der Waals surface area (Å²) in [6.45, 7) is 1.12. The van der Waals surface area contributed by atoms with Crippen molar-refractivity contribution in [1.82, 2.24) is 10.0 Å². The number of hydrogen-bond donors (Lipinski definition) is 3. The Morgan fingerprint density at radius 2 is 2.12 bits per heavy atom. The van der Waals surface area contributed by atoms with E-state index in [2.05, 4.69) is 10.5 Å². The maximum atomic E-state index is 9.99. The van der Waals surface area contributed by atoms with Gasteiger partial charge in [0.1, 0.15) is 6.67 Å². The van der Waals surface area contributed by atoms with Gasteiger partial charge in [-0.3, -0.25) is 0 Å². The van der Waals surface area contributed by atoms with E-state index >= 15 is 0 Å². The maximum absolute atomic E-state index is 9.99. The Kier molecular flexibility index (Phi) is 2.91. The van der Waals surface area contributed by atoms with Crippen LogP contribution >= 0.6 is 0 Å². The first kappa shape index (κ1) is 7.83. The van der Waals surface area contributed by atoms with Gasteiger partial charge in [0, 0.05) is 0 Å². The molecule has 0 heterocycles. The first-order valence-corrected chi connectivity index (χ1v) is 3.40. The molecular weight excluding hydrogens is 130 g/mol. The summed E-state index contributed by atoms with van der Waals surface area (Å²) in [5.41, 5.74) is 0. The molecule has 0 atom stereocenters. The predicted octanol–water partition coefficient (Wildman–Crippen LogP) is -1.88. The van der Waals surface area contributed by atoms with Crippen LogP contribution in [0.1, 0.15) is 0 Å². The van der Waals surface area contributed by atoms with Crippen molar-refractivity contribution in [2.24, 2.45) is 5.14 Å². The molecule has 0 aromatic rings. The Labute approximate surface area is 48.4 Å².